The summed E-state index contributed by atoms with van der Waals surface area (Å²) in [4.78, 5) is 10.7. The van der Waals surface area contributed by atoms with Gasteiger partial charge in [0.1, 0.15) is 22.1 Å². The van der Waals surface area contributed by atoms with E-state index < -0.39 is 0 Å². The maximum atomic E-state index is 5.76. The molecule has 3 heterocycles. The van der Waals surface area contributed by atoms with Gasteiger partial charge in [-0.05, 0) is 19.4 Å². The first-order valence-electron chi connectivity index (χ1n) is 6.37. The van der Waals surface area contributed by atoms with Crippen molar-refractivity contribution in [3.8, 4) is 0 Å². The average molecular weight is 289 g/mol. The minimum Gasteiger partial charge on any atom is -0.368 e. The molecule has 3 rings (SSSR count). The molecule has 3 aromatic rings. The van der Waals surface area contributed by atoms with Crippen LogP contribution in [-0.2, 0) is 13.0 Å². The fraction of sp³-hybridized carbons (Fsp3) is 0.308. The first-order chi connectivity index (χ1) is 9.65. The molecule has 0 aromatic carbocycles. The zero-order valence-electron chi connectivity index (χ0n) is 11.3. The highest BCUT2D eigenvalue weighted by molar-refractivity contribution is 7.18. The second-order valence-corrected chi connectivity index (χ2v) is 5.61. The zero-order chi connectivity index (χ0) is 14.1. The lowest BCUT2D eigenvalue weighted by Gasteiger charge is -2.05. The van der Waals surface area contributed by atoms with Crippen LogP contribution in [0.1, 0.15) is 23.3 Å². The Balaban J connectivity index is 1.91. The molecule has 0 radical (unpaired) electrons. The highest BCUT2D eigenvalue weighted by Crippen LogP contribution is 2.30. The van der Waals surface area contributed by atoms with E-state index in [1.54, 1.807) is 11.3 Å². The van der Waals surface area contributed by atoms with Gasteiger partial charge in [0.15, 0.2) is 0 Å². The highest BCUT2D eigenvalue weighted by atomic mass is 32.1. The van der Waals surface area contributed by atoms with Crippen molar-refractivity contribution in [3.05, 3.63) is 28.5 Å². The Hall–Kier alpha value is -2.15. The topological polar surface area (TPSA) is 89.9 Å². The lowest BCUT2D eigenvalue weighted by molar-refractivity contribution is 0.391. The van der Waals surface area contributed by atoms with Gasteiger partial charge in [-0.1, -0.05) is 12.1 Å². The van der Waals surface area contributed by atoms with Gasteiger partial charge in [0.05, 0.1) is 11.9 Å². The van der Waals surface area contributed by atoms with E-state index in [1.165, 1.54) is 4.88 Å². The van der Waals surface area contributed by atoms with Gasteiger partial charge in [-0.2, -0.15) is 4.98 Å². The van der Waals surface area contributed by atoms with Crippen LogP contribution in [0.25, 0.3) is 10.2 Å². The Kier molecular flexibility index (Phi) is 3.27. The van der Waals surface area contributed by atoms with Crippen LogP contribution in [-0.4, -0.2) is 15.1 Å². The minimum atomic E-state index is 0.279. The maximum Gasteiger partial charge on any atom is 0.223 e. The van der Waals surface area contributed by atoms with Crippen LogP contribution in [0.4, 0.5) is 11.8 Å². The Morgan fingerprint density at radius 2 is 2.20 bits per heavy atom. The zero-order valence-corrected chi connectivity index (χ0v) is 12.1. The van der Waals surface area contributed by atoms with Crippen LogP contribution < -0.4 is 11.1 Å². The summed E-state index contributed by atoms with van der Waals surface area (Å²) in [6.45, 7) is 4.52. The van der Waals surface area contributed by atoms with E-state index in [0.29, 0.717) is 6.54 Å². The van der Waals surface area contributed by atoms with Gasteiger partial charge < -0.3 is 15.6 Å². The molecule has 0 bridgehead atoms. The standard InChI is InChI=1S/C13H15N5OS/c1-3-9-5-10-11(16-13(14)17-12(10)20-9)15-6-8-4-7(2)19-18-8/h4-5H,3,6H2,1-2H3,(H3,14,15,16,17). The molecule has 20 heavy (non-hydrogen) atoms. The number of fused-ring (bicyclic) bond motifs is 1. The number of rotatable bonds is 4. The molecule has 0 fully saturated rings. The third-order valence-corrected chi connectivity index (χ3v) is 4.10. The number of thiophene rings is 1. The van der Waals surface area contributed by atoms with Crippen molar-refractivity contribution in [1.29, 1.82) is 0 Å². The number of nitrogens with zero attached hydrogens (tertiary/aromatic N) is 3. The van der Waals surface area contributed by atoms with E-state index in [2.05, 4.69) is 33.4 Å². The molecule has 0 saturated carbocycles. The molecule has 0 atom stereocenters. The Labute approximate surface area is 120 Å². The fourth-order valence-electron chi connectivity index (χ4n) is 1.97. The lowest BCUT2D eigenvalue weighted by atomic mass is 10.3. The van der Waals surface area contributed by atoms with Gasteiger partial charge in [0.2, 0.25) is 5.95 Å². The molecule has 0 aliphatic carbocycles. The largest absolute Gasteiger partial charge is 0.368 e. The van der Waals surface area contributed by atoms with Crippen LogP contribution >= 0.6 is 11.3 Å². The molecule has 3 N–H and O–H groups in total. The normalized spacial score (nSPS) is 11.1. The number of nitrogen functional groups attached to an aromatic ring is 1. The third kappa shape index (κ3) is 2.44. The molecular formula is C13H15N5OS. The average Bonchev–Trinajstić information content (AvgIpc) is 3.01. The number of anilines is 2. The molecule has 7 heteroatoms. The summed E-state index contributed by atoms with van der Waals surface area (Å²) in [5.74, 6) is 1.81. The summed E-state index contributed by atoms with van der Waals surface area (Å²) >= 11 is 1.65. The van der Waals surface area contributed by atoms with Gasteiger partial charge in [0.25, 0.3) is 0 Å². The Morgan fingerprint density at radius 1 is 1.35 bits per heavy atom. The highest BCUT2D eigenvalue weighted by Gasteiger charge is 2.10. The summed E-state index contributed by atoms with van der Waals surface area (Å²) in [6, 6.07) is 4.00. The summed E-state index contributed by atoms with van der Waals surface area (Å²) in [7, 11) is 0. The maximum absolute atomic E-state index is 5.76. The number of hydrogen-bond acceptors (Lipinski definition) is 7. The summed E-state index contributed by atoms with van der Waals surface area (Å²) < 4.78 is 5.04. The van der Waals surface area contributed by atoms with Crippen molar-refractivity contribution in [1.82, 2.24) is 15.1 Å². The van der Waals surface area contributed by atoms with Crippen molar-refractivity contribution < 1.29 is 4.52 Å². The summed E-state index contributed by atoms with van der Waals surface area (Å²) in [6.07, 6.45) is 0.975. The predicted molar refractivity (Wildman–Crippen MR) is 79.8 cm³/mol. The van der Waals surface area contributed by atoms with Crippen LogP contribution in [0.15, 0.2) is 16.7 Å². The number of nitrogens with two attached hydrogens (primary N) is 1. The molecule has 0 aliphatic rings. The summed E-state index contributed by atoms with van der Waals surface area (Å²) in [5.41, 5.74) is 6.59. The molecule has 6 nitrogen and oxygen atoms in total. The van der Waals surface area contributed by atoms with Crippen molar-refractivity contribution >= 4 is 33.3 Å². The van der Waals surface area contributed by atoms with E-state index >= 15 is 0 Å². The number of nitrogens with one attached hydrogen (secondary N) is 1. The lowest BCUT2D eigenvalue weighted by Crippen LogP contribution is -2.04. The second-order valence-electron chi connectivity index (χ2n) is 4.50. The fourth-order valence-corrected chi connectivity index (χ4v) is 2.95. The van der Waals surface area contributed by atoms with Crippen LogP contribution in [0.3, 0.4) is 0 Å². The molecular weight excluding hydrogens is 274 g/mol. The quantitative estimate of drug-likeness (QED) is 0.767. The molecule has 0 amide bonds. The Bertz CT molecular complexity index is 748. The predicted octanol–water partition coefficient (Wildman–Crippen LogP) is 2.74. The van der Waals surface area contributed by atoms with Gasteiger partial charge in [-0.15, -0.1) is 11.3 Å². The number of hydrogen-bond donors (Lipinski definition) is 2. The number of aryl methyl sites for hydroxylation is 2. The van der Waals surface area contributed by atoms with E-state index in [9.17, 15) is 0 Å². The van der Waals surface area contributed by atoms with Gasteiger partial charge in [-0.3, -0.25) is 0 Å². The first kappa shape index (κ1) is 12.9. The van der Waals surface area contributed by atoms with Gasteiger partial charge in [-0.25, -0.2) is 4.98 Å². The molecule has 0 saturated heterocycles. The van der Waals surface area contributed by atoms with Gasteiger partial charge >= 0.3 is 0 Å². The first-order valence-corrected chi connectivity index (χ1v) is 7.19. The van der Waals surface area contributed by atoms with E-state index in [0.717, 1.165) is 33.9 Å². The van der Waals surface area contributed by atoms with E-state index in [-0.39, 0.29) is 5.95 Å². The number of aromatic nitrogens is 3. The Morgan fingerprint density at radius 3 is 2.90 bits per heavy atom. The summed E-state index contributed by atoms with van der Waals surface area (Å²) in [5, 5.41) is 8.19. The van der Waals surface area contributed by atoms with Gasteiger partial charge in [0, 0.05) is 10.9 Å². The van der Waals surface area contributed by atoms with Crippen molar-refractivity contribution in [2.45, 2.75) is 26.8 Å². The van der Waals surface area contributed by atoms with Crippen LogP contribution in [0, 0.1) is 6.92 Å². The molecule has 0 aliphatic heterocycles. The third-order valence-electron chi connectivity index (χ3n) is 2.92. The van der Waals surface area contributed by atoms with Crippen molar-refractivity contribution in [3.63, 3.8) is 0 Å². The van der Waals surface area contributed by atoms with Crippen molar-refractivity contribution in [2.75, 3.05) is 11.1 Å². The monoisotopic (exact) mass is 289 g/mol. The van der Waals surface area contributed by atoms with Crippen LogP contribution in [0.5, 0.6) is 0 Å². The van der Waals surface area contributed by atoms with E-state index in [4.69, 9.17) is 10.3 Å². The smallest absolute Gasteiger partial charge is 0.223 e. The molecule has 0 spiro atoms. The van der Waals surface area contributed by atoms with Crippen LogP contribution in [0.2, 0.25) is 0 Å². The van der Waals surface area contributed by atoms with E-state index in [1.807, 2.05) is 13.0 Å². The molecule has 3 aromatic heterocycles. The molecule has 0 unspecified atom stereocenters. The SMILES string of the molecule is CCc1cc2c(NCc3cc(C)on3)nc(N)nc2s1. The minimum absolute atomic E-state index is 0.279. The molecule has 104 valence electrons. The van der Waals surface area contributed by atoms with Crippen molar-refractivity contribution in [2.24, 2.45) is 0 Å². The second kappa shape index (κ2) is 5.09.